The number of aryl methyl sites for hydroxylation is 2. The van der Waals surface area contributed by atoms with Crippen molar-refractivity contribution in [1.29, 1.82) is 0 Å². The Morgan fingerprint density at radius 1 is 1.19 bits per heavy atom. The van der Waals surface area contributed by atoms with Gasteiger partial charge in [0.05, 0.1) is 16.9 Å². The average Bonchev–Trinajstić information content (AvgIpc) is 3.05. The number of rotatable bonds is 2. The number of hydrogen-bond donors (Lipinski definition) is 1. The number of nitrogens with zero attached hydrogens (tertiary/aromatic N) is 3. The SMILES string of the molecule is Cc1ccc2nc3c(n2c1)CC(C(=O)Nc1cccc2cccnc12)CC3. The number of pyridine rings is 2. The molecule has 1 aliphatic rings. The second kappa shape index (κ2) is 6.20. The Hall–Kier alpha value is -3.21. The lowest BCUT2D eigenvalue weighted by molar-refractivity contribution is -0.120. The average molecular weight is 356 g/mol. The van der Waals surface area contributed by atoms with E-state index in [1.54, 1.807) is 6.20 Å². The molecule has 0 radical (unpaired) electrons. The molecule has 1 amide bonds. The smallest absolute Gasteiger partial charge is 0.227 e. The number of benzene rings is 1. The summed E-state index contributed by atoms with van der Waals surface area (Å²) in [5.41, 5.74) is 6.04. The van der Waals surface area contributed by atoms with Gasteiger partial charge in [0.25, 0.3) is 0 Å². The van der Waals surface area contributed by atoms with Gasteiger partial charge in [0.15, 0.2) is 0 Å². The summed E-state index contributed by atoms with van der Waals surface area (Å²) in [5, 5.41) is 4.13. The van der Waals surface area contributed by atoms with E-state index >= 15 is 0 Å². The Kier molecular flexibility index (Phi) is 3.67. The molecule has 1 aliphatic carbocycles. The molecule has 4 aromatic rings. The molecule has 0 fully saturated rings. The summed E-state index contributed by atoms with van der Waals surface area (Å²) < 4.78 is 2.14. The zero-order valence-electron chi connectivity index (χ0n) is 15.1. The maximum atomic E-state index is 13.0. The molecular formula is C22H20N4O. The van der Waals surface area contributed by atoms with Crippen LogP contribution >= 0.6 is 0 Å². The van der Waals surface area contributed by atoms with Crippen molar-refractivity contribution in [1.82, 2.24) is 14.4 Å². The lowest BCUT2D eigenvalue weighted by Gasteiger charge is -2.21. The number of fused-ring (bicyclic) bond motifs is 4. The van der Waals surface area contributed by atoms with Crippen LogP contribution in [-0.2, 0) is 17.6 Å². The van der Waals surface area contributed by atoms with Crippen molar-refractivity contribution in [3.63, 3.8) is 0 Å². The Bertz CT molecular complexity index is 1170. The number of para-hydroxylation sites is 1. The van der Waals surface area contributed by atoms with Crippen molar-refractivity contribution in [3.8, 4) is 0 Å². The maximum absolute atomic E-state index is 13.0. The summed E-state index contributed by atoms with van der Waals surface area (Å²) >= 11 is 0. The molecule has 0 spiro atoms. The van der Waals surface area contributed by atoms with Crippen LogP contribution in [0.4, 0.5) is 5.69 Å². The van der Waals surface area contributed by atoms with Gasteiger partial charge in [-0.05, 0) is 43.5 Å². The van der Waals surface area contributed by atoms with Gasteiger partial charge in [0, 0.05) is 35.8 Å². The van der Waals surface area contributed by atoms with Crippen molar-refractivity contribution in [2.45, 2.75) is 26.2 Å². The highest BCUT2D eigenvalue weighted by molar-refractivity contribution is 6.01. The number of aromatic nitrogens is 3. The van der Waals surface area contributed by atoms with Gasteiger partial charge in [0.2, 0.25) is 5.91 Å². The molecule has 1 N–H and O–H groups in total. The quantitative estimate of drug-likeness (QED) is 0.592. The van der Waals surface area contributed by atoms with E-state index in [0.29, 0.717) is 6.42 Å². The van der Waals surface area contributed by atoms with E-state index in [9.17, 15) is 4.79 Å². The van der Waals surface area contributed by atoms with Crippen LogP contribution in [0.1, 0.15) is 23.4 Å². The molecular weight excluding hydrogens is 336 g/mol. The monoisotopic (exact) mass is 356 g/mol. The van der Waals surface area contributed by atoms with Gasteiger partial charge in [-0.3, -0.25) is 9.78 Å². The molecule has 0 saturated heterocycles. The van der Waals surface area contributed by atoms with Crippen LogP contribution in [0.2, 0.25) is 0 Å². The normalized spacial score (nSPS) is 16.4. The predicted molar refractivity (Wildman–Crippen MR) is 106 cm³/mol. The number of carbonyl (C=O) groups is 1. The molecule has 1 unspecified atom stereocenters. The van der Waals surface area contributed by atoms with Gasteiger partial charge in [-0.1, -0.05) is 24.3 Å². The van der Waals surface area contributed by atoms with Gasteiger partial charge in [-0.15, -0.1) is 0 Å². The first kappa shape index (κ1) is 16.0. The molecule has 3 aromatic heterocycles. The van der Waals surface area contributed by atoms with Crippen molar-refractivity contribution in [3.05, 3.63) is 71.8 Å². The van der Waals surface area contributed by atoms with Crippen LogP contribution in [-0.4, -0.2) is 20.3 Å². The third-order valence-electron chi connectivity index (χ3n) is 5.38. The van der Waals surface area contributed by atoms with Crippen LogP contribution in [0.25, 0.3) is 16.6 Å². The van der Waals surface area contributed by atoms with Crippen molar-refractivity contribution < 1.29 is 4.79 Å². The van der Waals surface area contributed by atoms with Crippen LogP contribution < -0.4 is 5.32 Å². The summed E-state index contributed by atoms with van der Waals surface area (Å²) in [6.45, 7) is 2.08. The molecule has 0 aliphatic heterocycles. The lowest BCUT2D eigenvalue weighted by atomic mass is 9.89. The number of anilines is 1. The third-order valence-corrected chi connectivity index (χ3v) is 5.38. The summed E-state index contributed by atoms with van der Waals surface area (Å²) in [7, 11) is 0. The number of amides is 1. The molecule has 0 bridgehead atoms. The largest absolute Gasteiger partial charge is 0.324 e. The van der Waals surface area contributed by atoms with Crippen molar-refractivity contribution in [2.24, 2.45) is 5.92 Å². The highest BCUT2D eigenvalue weighted by Crippen LogP contribution is 2.28. The number of imidazole rings is 1. The first-order valence-corrected chi connectivity index (χ1v) is 9.30. The van der Waals surface area contributed by atoms with Crippen molar-refractivity contribution in [2.75, 3.05) is 5.32 Å². The summed E-state index contributed by atoms with van der Waals surface area (Å²) in [5.74, 6) is -0.00159. The number of hydrogen-bond acceptors (Lipinski definition) is 3. The number of nitrogens with one attached hydrogen (secondary N) is 1. The second-order valence-corrected chi connectivity index (χ2v) is 7.25. The fourth-order valence-corrected chi connectivity index (χ4v) is 3.97. The Balaban J connectivity index is 1.43. The molecule has 1 atom stereocenters. The zero-order valence-corrected chi connectivity index (χ0v) is 15.1. The highest BCUT2D eigenvalue weighted by Gasteiger charge is 2.28. The fourth-order valence-electron chi connectivity index (χ4n) is 3.97. The molecule has 134 valence electrons. The van der Waals surface area contributed by atoms with Crippen LogP contribution in [0.3, 0.4) is 0 Å². The van der Waals surface area contributed by atoms with Crippen LogP contribution in [0, 0.1) is 12.8 Å². The van der Waals surface area contributed by atoms with Gasteiger partial charge in [-0.2, -0.15) is 0 Å². The minimum Gasteiger partial charge on any atom is -0.324 e. The predicted octanol–water partition coefficient (Wildman–Crippen LogP) is 3.93. The lowest BCUT2D eigenvalue weighted by Crippen LogP contribution is -2.28. The minimum absolute atomic E-state index is 0.0569. The van der Waals surface area contributed by atoms with E-state index in [1.165, 1.54) is 5.56 Å². The molecule has 3 heterocycles. The standard InChI is InChI=1S/C22H20N4O/c1-14-7-10-20-24-17-9-8-16(12-19(17)26(20)13-14)22(27)25-18-6-2-4-15-5-3-11-23-21(15)18/h2-7,10-11,13,16H,8-9,12H2,1H3,(H,25,27). The van der Waals surface area contributed by atoms with Gasteiger partial charge < -0.3 is 9.72 Å². The summed E-state index contributed by atoms with van der Waals surface area (Å²) in [6, 6.07) is 13.9. The zero-order chi connectivity index (χ0) is 18.4. The van der Waals surface area contributed by atoms with Gasteiger partial charge >= 0.3 is 0 Å². The number of carbonyl (C=O) groups excluding carboxylic acids is 1. The first-order valence-electron chi connectivity index (χ1n) is 9.30. The van der Waals surface area contributed by atoms with Gasteiger partial charge in [-0.25, -0.2) is 4.98 Å². The molecule has 27 heavy (non-hydrogen) atoms. The topological polar surface area (TPSA) is 59.3 Å². The Morgan fingerprint density at radius 2 is 2.07 bits per heavy atom. The van der Waals surface area contributed by atoms with Crippen LogP contribution in [0.5, 0.6) is 0 Å². The van der Waals surface area contributed by atoms with Gasteiger partial charge in [0.1, 0.15) is 5.65 Å². The molecule has 5 heteroatoms. The minimum atomic E-state index is -0.0584. The Morgan fingerprint density at radius 3 is 3.00 bits per heavy atom. The van der Waals surface area contributed by atoms with Crippen molar-refractivity contribution >= 4 is 28.1 Å². The molecule has 1 aromatic carbocycles. The van der Waals surface area contributed by atoms with E-state index in [4.69, 9.17) is 4.98 Å². The van der Waals surface area contributed by atoms with E-state index in [0.717, 1.165) is 46.5 Å². The van der Waals surface area contributed by atoms with Crippen LogP contribution in [0.15, 0.2) is 54.9 Å². The second-order valence-electron chi connectivity index (χ2n) is 7.25. The third kappa shape index (κ3) is 2.76. The molecule has 5 nitrogen and oxygen atoms in total. The van der Waals surface area contributed by atoms with E-state index in [2.05, 4.69) is 33.9 Å². The first-order chi connectivity index (χ1) is 13.2. The van der Waals surface area contributed by atoms with E-state index in [1.807, 2.05) is 36.4 Å². The summed E-state index contributed by atoms with van der Waals surface area (Å²) in [6.07, 6.45) is 6.23. The van der Waals surface area contributed by atoms with E-state index in [-0.39, 0.29) is 11.8 Å². The highest BCUT2D eigenvalue weighted by atomic mass is 16.1. The maximum Gasteiger partial charge on any atom is 0.227 e. The van der Waals surface area contributed by atoms with E-state index < -0.39 is 0 Å². The molecule has 0 saturated carbocycles. The molecule has 5 rings (SSSR count). The fraction of sp³-hybridized carbons (Fsp3) is 0.227. The Labute approximate surface area is 157 Å². The summed E-state index contributed by atoms with van der Waals surface area (Å²) in [4.78, 5) is 22.1.